The maximum atomic E-state index is 12.3. The van der Waals surface area contributed by atoms with Crippen LogP contribution in [0.15, 0.2) is 48.8 Å². The molecule has 128 valence electrons. The first kappa shape index (κ1) is 16.5. The molecule has 0 saturated carbocycles. The summed E-state index contributed by atoms with van der Waals surface area (Å²) < 4.78 is 30.3. The highest BCUT2D eigenvalue weighted by atomic mass is 19.3. The summed E-state index contributed by atoms with van der Waals surface area (Å²) in [5.74, 6) is -0.512. The summed E-state index contributed by atoms with van der Waals surface area (Å²) in [6.45, 7) is -1.09. The van der Waals surface area contributed by atoms with Crippen molar-refractivity contribution in [2.75, 3.05) is 5.32 Å². The molecule has 0 bridgehead atoms. The van der Waals surface area contributed by atoms with Crippen LogP contribution in [0.4, 0.5) is 14.5 Å². The number of hydrogen-bond donors (Lipinski definition) is 1. The lowest BCUT2D eigenvalue weighted by Crippen LogP contribution is -2.13. The number of rotatable bonds is 5. The maximum Gasteiger partial charge on any atom is 0.387 e. The van der Waals surface area contributed by atoms with Gasteiger partial charge in [0.15, 0.2) is 0 Å². The topological polar surface area (TPSA) is 81.9 Å². The number of ether oxygens (including phenoxy) is 1. The molecule has 1 amide bonds. The number of anilines is 1. The second-order valence-corrected chi connectivity index (χ2v) is 5.12. The molecule has 0 radical (unpaired) electrons. The number of benzene rings is 2. The van der Waals surface area contributed by atoms with Gasteiger partial charge in [0.1, 0.15) is 12.1 Å². The number of carbonyl (C=O) groups excluding carboxylic acids is 1. The van der Waals surface area contributed by atoms with Gasteiger partial charge in [-0.3, -0.25) is 4.79 Å². The SMILES string of the molecule is Cc1cc(NC(=O)c2cccc(OC(F)F)c2)ccc1-n1cnnn1. The van der Waals surface area contributed by atoms with Gasteiger partial charge in [0.2, 0.25) is 0 Å². The van der Waals surface area contributed by atoms with E-state index in [1.807, 2.05) is 6.92 Å². The second kappa shape index (κ2) is 7.04. The molecule has 0 aliphatic carbocycles. The Kier molecular flexibility index (Phi) is 4.64. The van der Waals surface area contributed by atoms with E-state index in [1.165, 1.54) is 35.3 Å². The minimum absolute atomic E-state index is 0.0761. The molecular formula is C16H13F2N5O2. The van der Waals surface area contributed by atoms with Crippen LogP contribution < -0.4 is 10.1 Å². The quantitative estimate of drug-likeness (QED) is 0.769. The Bertz CT molecular complexity index is 884. The molecule has 25 heavy (non-hydrogen) atoms. The molecule has 3 aromatic rings. The molecule has 1 aromatic heterocycles. The number of halogens is 2. The third kappa shape index (κ3) is 3.94. The van der Waals surface area contributed by atoms with Crippen molar-refractivity contribution in [1.29, 1.82) is 0 Å². The first-order valence-corrected chi connectivity index (χ1v) is 7.23. The lowest BCUT2D eigenvalue weighted by atomic mass is 10.1. The summed E-state index contributed by atoms with van der Waals surface area (Å²) in [7, 11) is 0. The zero-order chi connectivity index (χ0) is 17.8. The maximum absolute atomic E-state index is 12.3. The number of hydrogen-bond acceptors (Lipinski definition) is 5. The fraction of sp³-hybridized carbons (Fsp3) is 0.125. The van der Waals surface area contributed by atoms with Gasteiger partial charge < -0.3 is 10.1 Å². The number of tetrazole rings is 1. The molecular weight excluding hydrogens is 332 g/mol. The number of nitrogens with zero attached hydrogens (tertiary/aromatic N) is 4. The fourth-order valence-corrected chi connectivity index (χ4v) is 2.28. The van der Waals surface area contributed by atoms with Crippen LogP contribution in [0.1, 0.15) is 15.9 Å². The molecule has 9 heteroatoms. The molecule has 2 aromatic carbocycles. The molecule has 0 fully saturated rings. The van der Waals surface area contributed by atoms with E-state index >= 15 is 0 Å². The second-order valence-electron chi connectivity index (χ2n) is 5.12. The van der Waals surface area contributed by atoms with Gasteiger partial charge in [-0.15, -0.1) is 5.10 Å². The highest BCUT2D eigenvalue weighted by molar-refractivity contribution is 6.04. The zero-order valence-corrected chi connectivity index (χ0v) is 13.1. The third-order valence-corrected chi connectivity index (χ3v) is 3.37. The summed E-state index contributed by atoms with van der Waals surface area (Å²) >= 11 is 0. The van der Waals surface area contributed by atoms with E-state index < -0.39 is 12.5 Å². The van der Waals surface area contributed by atoms with E-state index in [4.69, 9.17) is 0 Å². The third-order valence-electron chi connectivity index (χ3n) is 3.37. The fourth-order valence-electron chi connectivity index (χ4n) is 2.28. The summed E-state index contributed by atoms with van der Waals surface area (Å²) in [6.07, 6.45) is 1.47. The van der Waals surface area contributed by atoms with Crippen LogP contribution >= 0.6 is 0 Å². The summed E-state index contributed by atoms with van der Waals surface area (Å²) in [6, 6.07) is 10.8. The van der Waals surface area contributed by atoms with E-state index in [0.717, 1.165) is 11.3 Å². The van der Waals surface area contributed by atoms with E-state index in [0.29, 0.717) is 5.69 Å². The average Bonchev–Trinajstić information content (AvgIpc) is 3.09. The number of nitrogens with one attached hydrogen (secondary N) is 1. The van der Waals surface area contributed by atoms with Gasteiger partial charge in [-0.25, -0.2) is 4.68 Å². The summed E-state index contributed by atoms with van der Waals surface area (Å²) in [4.78, 5) is 12.3. The van der Waals surface area contributed by atoms with Gasteiger partial charge in [0.25, 0.3) is 5.91 Å². The molecule has 0 spiro atoms. The lowest BCUT2D eigenvalue weighted by molar-refractivity contribution is -0.0498. The van der Waals surface area contributed by atoms with Crippen molar-refractivity contribution in [3.05, 3.63) is 59.9 Å². The Hall–Kier alpha value is -3.36. The van der Waals surface area contributed by atoms with Crippen LogP contribution in [0.3, 0.4) is 0 Å². The number of amides is 1. The van der Waals surface area contributed by atoms with E-state index in [2.05, 4.69) is 25.6 Å². The highest BCUT2D eigenvalue weighted by Crippen LogP contribution is 2.20. The Morgan fingerprint density at radius 2 is 2.08 bits per heavy atom. The molecule has 0 atom stereocenters. The van der Waals surface area contributed by atoms with Crippen LogP contribution in [-0.4, -0.2) is 32.7 Å². The van der Waals surface area contributed by atoms with E-state index in [9.17, 15) is 13.6 Å². The van der Waals surface area contributed by atoms with Crippen LogP contribution in [0.25, 0.3) is 5.69 Å². The number of aryl methyl sites for hydroxylation is 1. The predicted octanol–water partition coefficient (Wildman–Crippen LogP) is 2.82. The monoisotopic (exact) mass is 345 g/mol. The normalized spacial score (nSPS) is 10.7. The van der Waals surface area contributed by atoms with Gasteiger partial charge in [-0.2, -0.15) is 8.78 Å². The van der Waals surface area contributed by atoms with Gasteiger partial charge in [0.05, 0.1) is 5.69 Å². The first-order valence-electron chi connectivity index (χ1n) is 7.23. The van der Waals surface area contributed by atoms with E-state index in [1.54, 1.807) is 18.2 Å². The smallest absolute Gasteiger partial charge is 0.387 e. The van der Waals surface area contributed by atoms with Crippen molar-refractivity contribution in [3.8, 4) is 11.4 Å². The Morgan fingerprint density at radius 1 is 1.24 bits per heavy atom. The largest absolute Gasteiger partial charge is 0.435 e. The van der Waals surface area contributed by atoms with E-state index in [-0.39, 0.29) is 11.3 Å². The van der Waals surface area contributed by atoms with Crippen molar-refractivity contribution < 1.29 is 18.3 Å². The molecule has 7 nitrogen and oxygen atoms in total. The van der Waals surface area contributed by atoms with Crippen molar-refractivity contribution in [1.82, 2.24) is 20.2 Å². The van der Waals surface area contributed by atoms with Gasteiger partial charge in [0, 0.05) is 11.3 Å². The Labute approximate surface area is 141 Å². The predicted molar refractivity (Wildman–Crippen MR) is 84.9 cm³/mol. The van der Waals surface area contributed by atoms with Gasteiger partial charge in [-0.1, -0.05) is 6.07 Å². The van der Waals surface area contributed by atoms with Crippen molar-refractivity contribution in [2.24, 2.45) is 0 Å². The van der Waals surface area contributed by atoms with Crippen molar-refractivity contribution in [3.63, 3.8) is 0 Å². The Morgan fingerprint density at radius 3 is 2.76 bits per heavy atom. The molecule has 0 aliphatic rings. The van der Waals surface area contributed by atoms with Gasteiger partial charge >= 0.3 is 6.61 Å². The number of aromatic nitrogens is 4. The Balaban J connectivity index is 1.76. The summed E-state index contributed by atoms with van der Waals surface area (Å²) in [5.41, 5.74) is 2.38. The van der Waals surface area contributed by atoms with Crippen molar-refractivity contribution >= 4 is 11.6 Å². The molecule has 1 N–H and O–H groups in total. The highest BCUT2D eigenvalue weighted by Gasteiger charge is 2.11. The van der Waals surface area contributed by atoms with Crippen molar-refractivity contribution in [2.45, 2.75) is 13.5 Å². The first-order chi connectivity index (χ1) is 12.0. The number of carbonyl (C=O) groups is 1. The van der Waals surface area contributed by atoms with Crippen LogP contribution in [0, 0.1) is 6.92 Å². The standard InChI is InChI=1S/C16H13F2N5O2/c1-10-7-12(5-6-14(10)23-9-19-21-22-23)20-15(24)11-3-2-4-13(8-11)25-16(17)18/h2-9,16H,1H3,(H,20,24). The number of alkyl halides is 2. The minimum Gasteiger partial charge on any atom is -0.435 e. The molecule has 1 heterocycles. The average molecular weight is 345 g/mol. The van der Waals surface area contributed by atoms with Crippen LogP contribution in [0.5, 0.6) is 5.75 Å². The van der Waals surface area contributed by atoms with Crippen LogP contribution in [-0.2, 0) is 0 Å². The van der Waals surface area contributed by atoms with Gasteiger partial charge in [-0.05, 0) is 59.3 Å². The summed E-state index contributed by atoms with van der Waals surface area (Å²) in [5, 5.41) is 13.7. The molecule has 3 rings (SSSR count). The lowest BCUT2D eigenvalue weighted by Gasteiger charge is -2.10. The minimum atomic E-state index is -2.94. The van der Waals surface area contributed by atoms with Crippen LogP contribution in [0.2, 0.25) is 0 Å². The zero-order valence-electron chi connectivity index (χ0n) is 13.1. The molecule has 0 unspecified atom stereocenters. The molecule has 0 aliphatic heterocycles. The molecule has 0 saturated heterocycles.